The zero-order valence-corrected chi connectivity index (χ0v) is 16.3. The van der Waals surface area contributed by atoms with Gasteiger partial charge in [-0.2, -0.15) is 0 Å². The molecule has 2 heterocycles. The van der Waals surface area contributed by atoms with Crippen LogP contribution in [0.5, 0.6) is 0 Å². The van der Waals surface area contributed by atoms with Crippen LogP contribution in [0.25, 0.3) is 0 Å². The number of nitrogens with zero attached hydrogens (tertiary/aromatic N) is 2. The Morgan fingerprint density at radius 1 is 0.963 bits per heavy atom. The summed E-state index contributed by atoms with van der Waals surface area (Å²) < 4.78 is 0. The van der Waals surface area contributed by atoms with Gasteiger partial charge in [-0.25, -0.2) is 4.79 Å². The number of aromatic nitrogens is 2. The molecule has 2 aromatic heterocycles. The predicted molar refractivity (Wildman–Crippen MR) is 110 cm³/mol. The molecular formula is C18H19N5O2S2. The average molecular weight is 402 g/mol. The van der Waals surface area contributed by atoms with Gasteiger partial charge in [0, 0.05) is 12.1 Å². The lowest BCUT2D eigenvalue weighted by atomic mass is 10.3. The molecule has 0 saturated heterocycles. The number of unbranched alkanes of at least 4 members (excludes halogenated alkanes) is 1. The molecule has 0 atom stereocenters. The van der Waals surface area contributed by atoms with Gasteiger partial charge in [0.25, 0.3) is 5.91 Å². The Bertz CT molecular complexity index is 907. The van der Waals surface area contributed by atoms with Crippen molar-refractivity contribution in [2.24, 2.45) is 0 Å². The monoisotopic (exact) mass is 401 g/mol. The largest absolute Gasteiger partial charge is 0.324 e. The lowest BCUT2D eigenvalue weighted by Crippen LogP contribution is -2.18. The Kier molecular flexibility index (Phi) is 6.50. The minimum atomic E-state index is -0.361. The fraction of sp³-hybridized carbons (Fsp3) is 0.222. The highest BCUT2D eigenvalue weighted by atomic mass is 32.1. The van der Waals surface area contributed by atoms with Gasteiger partial charge in [0.2, 0.25) is 5.13 Å². The molecule has 0 unspecified atom stereocenters. The average Bonchev–Trinajstić information content (AvgIpc) is 3.30. The molecule has 0 bridgehead atoms. The summed E-state index contributed by atoms with van der Waals surface area (Å²) in [5.41, 5.74) is 0.694. The number of anilines is 3. The van der Waals surface area contributed by atoms with Gasteiger partial charge in [-0.05, 0) is 30.7 Å². The fourth-order valence-corrected chi connectivity index (χ4v) is 3.79. The summed E-state index contributed by atoms with van der Waals surface area (Å²) >= 11 is 2.58. The van der Waals surface area contributed by atoms with Gasteiger partial charge in [-0.3, -0.25) is 15.4 Å². The molecule has 27 heavy (non-hydrogen) atoms. The van der Waals surface area contributed by atoms with Gasteiger partial charge in [0.1, 0.15) is 5.01 Å². The Labute approximate surface area is 164 Å². The van der Waals surface area contributed by atoms with E-state index in [9.17, 15) is 9.59 Å². The lowest BCUT2D eigenvalue weighted by molar-refractivity contribution is 0.103. The zero-order valence-electron chi connectivity index (χ0n) is 14.7. The first kappa shape index (κ1) is 19.0. The van der Waals surface area contributed by atoms with E-state index in [4.69, 9.17) is 0 Å². The summed E-state index contributed by atoms with van der Waals surface area (Å²) in [6.07, 6.45) is 3.01. The number of para-hydroxylation sites is 1. The van der Waals surface area contributed by atoms with Crippen molar-refractivity contribution >= 4 is 50.4 Å². The van der Waals surface area contributed by atoms with Gasteiger partial charge in [-0.1, -0.05) is 42.9 Å². The van der Waals surface area contributed by atoms with Crippen molar-refractivity contribution in [2.75, 3.05) is 16.0 Å². The molecule has 7 nitrogen and oxygen atoms in total. The number of amides is 3. The summed E-state index contributed by atoms with van der Waals surface area (Å²) in [6.45, 7) is 2.12. The molecule has 3 aromatic rings. The standard InChI is InChI=1S/C18H19N5O2S2/c1-2-3-9-15-22-23-18(27-15)21-16(24)13-10-11-14(26-13)20-17(25)19-12-7-5-4-6-8-12/h4-8,10-11H,2-3,9H2,1H3,(H2,19,20,25)(H,21,23,24). The molecule has 9 heteroatoms. The first-order chi connectivity index (χ1) is 13.1. The topological polar surface area (TPSA) is 96.0 Å². The number of thiophene rings is 1. The number of carbonyl (C=O) groups excluding carboxylic acids is 2. The summed E-state index contributed by atoms with van der Waals surface area (Å²) in [5.74, 6) is -0.269. The highest BCUT2D eigenvalue weighted by Crippen LogP contribution is 2.24. The summed E-state index contributed by atoms with van der Waals surface area (Å²) in [6, 6.07) is 12.1. The molecule has 0 aliphatic carbocycles. The second-order valence-electron chi connectivity index (χ2n) is 5.67. The Hall–Kier alpha value is -2.78. The number of aryl methyl sites for hydroxylation is 1. The van der Waals surface area contributed by atoms with Crippen molar-refractivity contribution in [3.8, 4) is 0 Å². The molecule has 1 aromatic carbocycles. The minimum absolute atomic E-state index is 0.269. The summed E-state index contributed by atoms with van der Waals surface area (Å²) in [7, 11) is 0. The van der Waals surface area contributed by atoms with Crippen LogP contribution in [0.3, 0.4) is 0 Å². The molecule has 3 N–H and O–H groups in total. The molecule has 0 spiro atoms. The van der Waals surface area contributed by atoms with E-state index in [1.807, 2.05) is 18.2 Å². The third-order valence-electron chi connectivity index (χ3n) is 3.53. The molecule has 0 aliphatic rings. The van der Waals surface area contributed by atoms with Crippen LogP contribution in [0.1, 0.15) is 34.4 Å². The molecule has 3 amide bonds. The van der Waals surface area contributed by atoms with Gasteiger partial charge >= 0.3 is 6.03 Å². The smallest absolute Gasteiger partial charge is 0.308 e. The van der Waals surface area contributed by atoms with Crippen molar-refractivity contribution in [2.45, 2.75) is 26.2 Å². The van der Waals surface area contributed by atoms with E-state index in [0.29, 0.717) is 20.7 Å². The Balaban J connectivity index is 1.54. The van der Waals surface area contributed by atoms with Crippen LogP contribution in [0.15, 0.2) is 42.5 Å². The molecular weight excluding hydrogens is 382 g/mol. The van der Waals surface area contributed by atoms with E-state index >= 15 is 0 Å². The third-order valence-corrected chi connectivity index (χ3v) is 5.43. The van der Waals surface area contributed by atoms with Crippen LogP contribution in [-0.4, -0.2) is 22.1 Å². The fourth-order valence-electron chi connectivity index (χ4n) is 2.21. The van der Waals surface area contributed by atoms with E-state index in [2.05, 4.69) is 33.1 Å². The van der Waals surface area contributed by atoms with Crippen LogP contribution in [0, 0.1) is 0 Å². The number of carbonyl (C=O) groups is 2. The molecule has 0 radical (unpaired) electrons. The van der Waals surface area contributed by atoms with Crippen LogP contribution in [-0.2, 0) is 6.42 Å². The number of urea groups is 1. The van der Waals surface area contributed by atoms with Crippen LogP contribution < -0.4 is 16.0 Å². The zero-order chi connectivity index (χ0) is 19.1. The van der Waals surface area contributed by atoms with Gasteiger partial charge < -0.3 is 5.32 Å². The maximum Gasteiger partial charge on any atom is 0.324 e. The second-order valence-corrected chi connectivity index (χ2v) is 7.81. The van der Waals surface area contributed by atoms with Crippen LogP contribution in [0.4, 0.5) is 20.6 Å². The summed E-state index contributed by atoms with van der Waals surface area (Å²) in [5, 5.41) is 18.2. The number of hydrogen-bond donors (Lipinski definition) is 3. The quantitative estimate of drug-likeness (QED) is 0.528. The van der Waals surface area contributed by atoms with E-state index in [-0.39, 0.29) is 11.9 Å². The lowest BCUT2D eigenvalue weighted by Gasteiger charge is -2.05. The third kappa shape index (κ3) is 5.60. The Morgan fingerprint density at radius 3 is 2.56 bits per heavy atom. The van der Waals surface area contributed by atoms with Crippen molar-refractivity contribution < 1.29 is 9.59 Å². The molecule has 0 aliphatic heterocycles. The number of nitrogens with one attached hydrogen (secondary N) is 3. The second kappa shape index (κ2) is 9.24. The van der Waals surface area contributed by atoms with Crippen LogP contribution >= 0.6 is 22.7 Å². The van der Waals surface area contributed by atoms with E-state index < -0.39 is 0 Å². The van der Waals surface area contributed by atoms with Crippen molar-refractivity contribution in [1.29, 1.82) is 0 Å². The van der Waals surface area contributed by atoms with E-state index in [1.54, 1.807) is 24.3 Å². The van der Waals surface area contributed by atoms with Gasteiger partial charge in [0.15, 0.2) is 0 Å². The first-order valence-electron chi connectivity index (χ1n) is 8.50. The molecule has 140 valence electrons. The number of hydrogen-bond acceptors (Lipinski definition) is 6. The molecule has 3 rings (SSSR count). The predicted octanol–water partition coefficient (Wildman–Crippen LogP) is 4.84. The van der Waals surface area contributed by atoms with Gasteiger partial charge in [0.05, 0.1) is 9.88 Å². The highest BCUT2D eigenvalue weighted by molar-refractivity contribution is 7.18. The maximum atomic E-state index is 12.3. The van der Waals surface area contributed by atoms with Crippen molar-refractivity contribution in [1.82, 2.24) is 10.2 Å². The van der Waals surface area contributed by atoms with E-state index in [1.165, 1.54) is 22.7 Å². The normalized spacial score (nSPS) is 10.4. The number of rotatable bonds is 7. The van der Waals surface area contributed by atoms with Crippen LogP contribution in [0.2, 0.25) is 0 Å². The van der Waals surface area contributed by atoms with Crippen molar-refractivity contribution in [3.63, 3.8) is 0 Å². The molecule has 0 fully saturated rings. The maximum absolute atomic E-state index is 12.3. The highest BCUT2D eigenvalue weighted by Gasteiger charge is 2.13. The minimum Gasteiger partial charge on any atom is -0.308 e. The van der Waals surface area contributed by atoms with E-state index in [0.717, 1.165) is 24.3 Å². The number of benzene rings is 1. The summed E-state index contributed by atoms with van der Waals surface area (Å²) in [4.78, 5) is 24.8. The Morgan fingerprint density at radius 2 is 1.78 bits per heavy atom. The van der Waals surface area contributed by atoms with Crippen molar-refractivity contribution in [3.05, 3.63) is 52.3 Å². The molecule has 0 saturated carbocycles. The van der Waals surface area contributed by atoms with Gasteiger partial charge in [-0.15, -0.1) is 21.5 Å². The first-order valence-corrected chi connectivity index (χ1v) is 10.1. The SMILES string of the molecule is CCCCc1nnc(NC(=O)c2ccc(NC(=O)Nc3ccccc3)s2)s1.